The van der Waals surface area contributed by atoms with Crippen molar-refractivity contribution in [3.63, 3.8) is 0 Å². The molecule has 1 aromatic carbocycles. The molecule has 0 aliphatic rings. The van der Waals surface area contributed by atoms with Crippen LogP contribution in [0, 0.1) is 6.92 Å². The van der Waals surface area contributed by atoms with E-state index in [0.29, 0.717) is 12.1 Å². The quantitative estimate of drug-likeness (QED) is 0.865. The average Bonchev–Trinajstić information content (AvgIpc) is 2.50. The Morgan fingerprint density at radius 3 is 2.43 bits per heavy atom. The van der Waals surface area contributed by atoms with Crippen molar-refractivity contribution in [1.29, 1.82) is 0 Å². The van der Waals surface area contributed by atoms with Crippen LogP contribution in [0.3, 0.4) is 0 Å². The molecule has 0 spiro atoms. The molecule has 0 amide bonds. The smallest absolute Gasteiger partial charge is 0.296 e. The zero-order chi connectivity index (χ0) is 15.4. The lowest BCUT2D eigenvalue weighted by molar-refractivity contribution is 0.638. The highest BCUT2D eigenvalue weighted by Gasteiger charge is 2.05. The SMILES string of the molecule is CC/C=C/c1ccc(Cn2cc(C)c(=O)n(C)c2=O)cc1. The molecule has 21 heavy (non-hydrogen) atoms. The summed E-state index contributed by atoms with van der Waals surface area (Å²) in [5, 5.41) is 0. The molecule has 0 saturated carbocycles. The Morgan fingerprint density at radius 1 is 1.14 bits per heavy atom. The van der Waals surface area contributed by atoms with Crippen LogP contribution in [0.15, 0.2) is 46.1 Å². The van der Waals surface area contributed by atoms with Crippen LogP contribution in [0.25, 0.3) is 6.08 Å². The second kappa shape index (κ2) is 6.39. The van der Waals surface area contributed by atoms with Crippen molar-refractivity contribution in [3.8, 4) is 0 Å². The van der Waals surface area contributed by atoms with Crippen LogP contribution in [-0.2, 0) is 13.6 Å². The summed E-state index contributed by atoms with van der Waals surface area (Å²) >= 11 is 0. The Hall–Kier alpha value is -2.36. The third-order valence-corrected chi connectivity index (χ3v) is 3.40. The van der Waals surface area contributed by atoms with Crippen molar-refractivity contribution in [1.82, 2.24) is 9.13 Å². The van der Waals surface area contributed by atoms with Gasteiger partial charge in [-0.2, -0.15) is 0 Å². The van der Waals surface area contributed by atoms with Crippen LogP contribution in [-0.4, -0.2) is 9.13 Å². The van der Waals surface area contributed by atoms with Gasteiger partial charge in [-0.15, -0.1) is 0 Å². The maximum Gasteiger partial charge on any atom is 0.331 e. The molecule has 1 heterocycles. The van der Waals surface area contributed by atoms with Gasteiger partial charge in [0.15, 0.2) is 0 Å². The van der Waals surface area contributed by atoms with E-state index in [-0.39, 0.29) is 11.2 Å². The van der Waals surface area contributed by atoms with Crippen molar-refractivity contribution < 1.29 is 0 Å². The van der Waals surface area contributed by atoms with Gasteiger partial charge < -0.3 is 0 Å². The third kappa shape index (κ3) is 3.40. The lowest BCUT2D eigenvalue weighted by Gasteiger charge is -2.09. The van der Waals surface area contributed by atoms with Crippen LogP contribution in [0.5, 0.6) is 0 Å². The van der Waals surface area contributed by atoms with Crippen LogP contribution >= 0.6 is 0 Å². The summed E-state index contributed by atoms with van der Waals surface area (Å²) in [6.45, 7) is 4.28. The van der Waals surface area contributed by atoms with Gasteiger partial charge in [0.25, 0.3) is 5.56 Å². The van der Waals surface area contributed by atoms with Gasteiger partial charge in [0.05, 0.1) is 6.54 Å². The van der Waals surface area contributed by atoms with Gasteiger partial charge in [-0.05, 0) is 24.5 Å². The van der Waals surface area contributed by atoms with E-state index >= 15 is 0 Å². The highest BCUT2D eigenvalue weighted by Crippen LogP contribution is 2.07. The van der Waals surface area contributed by atoms with Gasteiger partial charge in [-0.25, -0.2) is 4.79 Å². The first kappa shape index (κ1) is 15.0. The molecule has 0 atom stereocenters. The van der Waals surface area contributed by atoms with Gasteiger partial charge in [-0.3, -0.25) is 13.9 Å². The fourth-order valence-electron chi connectivity index (χ4n) is 2.19. The lowest BCUT2D eigenvalue weighted by atomic mass is 10.1. The Morgan fingerprint density at radius 2 is 1.81 bits per heavy atom. The molecular weight excluding hydrogens is 264 g/mol. The second-order valence-electron chi connectivity index (χ2n) is 5.14. The topological polar surface area (TPSA) is 44.0 Å². The van der Waals surface area contributed by atoms with Crippen LogP contribution in [0.2, 0.25) is 0 Å². The monoisotopic (exact) mass is 284 g/mol. The predicted octanol–water partition coefficient (Wildman–Crippen LogP) is 2.33. The minimum atomic E-state index is -0.291. The summed E-state index contributed by atoms with van der Waals surface area (Å²) in [5.74, 6) is 0. The molecule has 0 aliphatic carbocycles. The largest absolute Gasteiger partial charge is 0.331 e. The number of hydrogen-bond donors (Lipinski definition) is 0. The Bertz CT molecular complexity index is 765. The van der Waals surface area contributed by atoms with Crippen LogP contribution < -0.4 is 11.2 Å². The number of rotatable bonds is 4. The average molecular weight is 284 g/mol. The minimum Gasteiger partial charge on any atom is -0.296 e. The molecule has 2 aromatic rings. The molecule has 4 nitrogen and oxygen atoms in total. The minimum absolute atomic E-state index is 0.240. The first-order chi connectivity index (χ1) is 10.0. The Kier molecular flexibility index (Phi) is 4.58. The molecule has 0 N–H and O–H groups in total. The molecule has 1 aromatic heterocycles. The van der Waals surface area contributed by atoms with Crippen molar-refractivity contribution in [2.24, 2.45) is 7.05 Å². The first-order valence-electron chi connectivity index (χ1n) is 7.05. The summed E-state index contributed by atoms with van der Waals surface area (Å²) < 4.78 is 2.71. The van der Waals surface area contributed by atoms with E-state index in [2.05, 4.69) is 19.1 Å². The molecule has 0 fully saturated rings. The summed E-state index contributed by atoms with van der Waals surface area (Å²) in [5.41, 5.74) is 2.21. The van der Waals surface area contributed by atoms with E-state index in [1.54, 1.807) is 17.7 Å². The Balaban J connectivity index is 2.29. The van der Waals surface area contributed by atoms with E-state index in [4.69, 9.17) is 0 Å². The first-order valence-corrected chi connectivity index (χ1v) is 7.05. The molecule has 0 radical (unpaired) electrons. The van der Waals surface area contributed by atoms with E-state index in [1.807, 2.05) is 24.3 Å². The molecule has 2 rings (SSSR count). The van der Waals surface area contributed by atoms with Crippen molar-refractivity contribution in [2.75, 3.05) is 0 Å². The van der Waals surface area contributed by atoms with Crippen molar-refractivity contribution in [3.05, 3.63) is 74.1 Å². The zero-order valence-corrected chi connectivity index (χ0v) is 12.7. The number of benzene rings is 1. The van der Waals surface area contributed by atoms with Gasteiger partial charge in [-0.1, -0.05) is 43.3 Å². The number of nitrogens with zero attached hydrogens (tertiary/aromatic N) is 2. The van der Waals surface area contributed by atoms with Crippen molar-refractivity contribution >= 4 is 6.08 Å². The summed E-state index contributed by atoms with van der Waals surface area (Å²) in [6, 6.07) is 8.06. The predicted molar refractivity (Wildman–Crippen MR) is 85.5 cm³/mol. The maximum atomic E-state index is 12.1. The fraction of sp³-hybridized carbons (Fsp3) is 0.294. The van der Waals surface area contributed by atoms with E-state index in [1.165, 1.54) is 7.05 Å². The standard InChI is InChI=1S/C17H20N2O2/c1-4-5-6-14-7-9-15(10-8-14)12-19-11-13(2)16(20)18(3)17(19)21/h5-11H,4,12H2,1-3H3/b6-5+. The van der Waals surface area contributed by atoms with E-state index in [0.717, 1.165) is 22.1 Å². The van der Waals surface area contributed by atoms with Gasteiger partial charge in [0.2, 0.25) is 0 Å². The summed E-state index contributed by atoms with van der Waals surface area (Å²) in [4.78, 5) is 23.8. The number of aromatic nitrogens is 2. The highest BCUT2D eigenvalue weighted by atomic mass is 16.2. The number of aryl methyl sites for hydroxylation is 1. The van der Waals surface area contributed by atoms with Crippen molar-refractivity contribution in [2.45, 2.75) is 26.8 Å². The van der Waals surface area contributed by atoms with Gasteiger partial charge in [0.1, 0.15) is 0 Å². The molecule has 0 bridgehead atoms. The van der Waals surface area contributed by atoms with Gasteiger partial charge >= 0.3 is 5.69 Å². The van der Waals surface area contributed by atoms with E-state index in [9.17, 15) is 9.59 Å². The normalized spacial score (nSPS) is 11.2. The van der Waals surface area contributed by atoms with Crippen LogP contribution in [0.1, 0.15) is 30.0 Å². The molecule has 110 valence electrons. The summed E-state index contributed by atoms with van der Waals surface area (Å²) in [7, 11) is 1.51. The molecule has 0 saturated heterocycles. The van der Waals surface area contributed by atoms with Gasteiger partial charge in [0, 0.05) is 18.8 Å². The van der Waals surface area contributed by atoms with Crippen LogP contribution in [0.4, 0.5) is 0 Å². The summed E-state index contributed by atoms with van der Waals surface area (Å²) in [6.07, 6.45) is 6.81. The second-order valence-corrected chi connectivity index (χ2v) is 5.14. The highest BCUT2D eigenvalue weighted by molar-refractivity contribution is 5.49. The molecule has 0 unspecified atom stereocenters. The zero-order valence-electron chi connectivity index (χ0n) is 12.7. The Labute approximate surface area is 124 Å². The lowest BCUT2D eigenvalue weighted by Crippen LogP contribution is -2.38. The fourth-order valence-corrected chi connectivity index (χ4v) is 2.19. The van der Waals surface area contributed by atoms with E-state index < -0.39 is 0 Å². The third-order valence-electron chi connectivity index (χ3n) is 3.40. The number of hydrogen-bond acceptors (Lipinski definition) is 2. The molecule has 0 aliphatic heterocycles. The molecule has 4 heteroatoms. The molecular formula is C17H20N2O2. The maximum absolute atomic E-state index is 12.1. The number of allylic oxidation sites excluding steroid dienone is 1.